The zero-order chi connectivity index (χ0) is 22.2. The summed E-state index contributed by atoms with van der Waals surface area (Å²) in [6.07, 6.45) is 4.79. The average Bonchev–Trinajstić information content (AvgIpc) is 3.50. The van der Waals surface area contributed by atoms with Crippen molar-refractivity contribution >= 4 is 55.9 Å². The molecule has 9 heteroatoms. The van der Waals surface area contributed by atoms with Gasteiger partial charge in [0.15, 0.2) is 5.78 Å². The number of fused-ring (bicyclic) bond motifs is 1. The normalized spacial score (nSPS) is 18.0. The Kier molecular flexibility index (Phi) is 5.52. The lowest BCUT2D eigenvalue weighted by atomic mass is 10.0. The Morgan fingerprint density at radius 3 is 2.62 bits per heavy atom. The molecule has 2 aliphatic rings. The van der Waals surface area contributed by atoms with Gasteiger partial charge in [0.2, 0.25) is 0 Å². The lowest BCUT2D eigenvalue weighted by Gasteiger charge is -2.24. The van der Waals surface area contributed by atoms with E-state index in [0.29, 0.717) is 29.3 Å². The zero-order valence-electron chi connectivity index (χ0n) is 17.2. The third-order valence-corrected chi connectivity index (χ3v) is 6.41. The van der Waals surface area contributed by atoms with Gasteiger partial charge >= 0.3 is 6.09 Å². The van der Waals surface area contributed by atoms with Crippen molar-refractivity contribution in [3.8, 4) is 0 Å². The van der Waals surface area contributed by atoms with Gasteiger partial charge in [0.05, 0.1) is 34.7 Å². The SMILES string of the molecule is O=C(c1cnc2ccc(Br)cc2c1Nc1ccc(N(C(=O)O)C2CCNC2)nc1)C1CC1. The van der Waals surface area contributed by atoms with Gasteiger partial charge in [0.1, 0.15) is 5.82 Å². The second-order valence-corrected chi connectivity index (χ2v) is 9.09. The fourth-order valence-electron chi connectivity index (χ4n) is 4.10. The van der Waals surface area contributed by atoms with Gasteiger partial charge in [-0.1, -0.05) is 15.9 Å². The summed E-state index contributed by atoms with van der Waals surface area (Å²) < 4.78 is 0.890. The van der Waals surface area contributed by atoms with Crippen LogP contribution < -0.4 is 15.5 Å². The molecule has 164 valence electrons. The summed E-state index contributed by atoms with van der Waals surface area (Å²) in [4.78, 5) is 34.9. The quantitative estimate of drug-likeness (QED) is 0.429. The van der Waals surface area contributed by atoms with Gasteiger partial charge in [0.25, 0.3) is 0 Å². The van der Waals surface area contributed by atoms with Crippen LogP contribution in [0.5, 0.6) is 0 Å². The number of nitrogens with one attached hydrogen (secondary N) is 2. The molecule has 0 spiro atoms. The van der Waals surface area contributed by atoms with Crippen LogP contribution in [0.2, 0.25) is 0 Å². The summed E-state index contributed by atoms with van der Waals surface area (Å²) in [7, 11) is 0. The Morgan fingerprint density at radius 2 is 1.97 bits per heavy atom. The van der Waals surface area contributed by atoms with Crippen molar-refractivity contribution in [2.75, 3.05) is 23.3 Å². The first-order chi connectivity index (χ1) is 15.5. The van der Waals surface area contributed by atoms with E-state index in [4.69, 9.17) is 0 Å². The van der Waals surface area contributed by atoms with Gasteiger partial charge < -0.3 is 15.7 Å². The van der Waals surface area contributed by atoms with E-state index in [2.05, 4.69) is 36.5 Å². The van der Waals surface area contributed by atoms with Crippen LogP contribution in [0, 0.1) is 5.92 Å². The number of aromatic nitrogens is 2. The molecule has 1 unspecified atom stereocenters. The third-order valence-electron chi connectivity index (χ3n) is 5.91. The minimum atomic E-state index is -1.02. The Balaban J connectivity index is 1.49. The fourth-order valence-corrected chi connectivity index (χ4v) is 4.46. The number of benzene rings is 1. The standard InChI is InChI=1S/C23H22BrN5O3/c24-14-3-5-19-17(9-14)21(18(12-26-19)22(30)13-1-2-13)28-15-4-6-20(27-10-15)29(23(31)32)16-7-8-25-11-16/h3-6,9-10,12-13,16,25H,1-2,7-8,11H2,(H,26,28)(H,31,32). The minimum Gasteiger partial charge on any atom is -0.465 e. The van der Waals surface area contributed by atoms with E-state index >= 15 is 0 Å². The van der Waals surface area contributed by atoms with Crippen molar-refractivity contribution in [1.29, 1.82) is 0 Å². The number of halogens is 1. The number of Topliss-reactive ketones (excluding diaryl/α,β-unsaturated/α-hetero) is 1. The fraction of sp³-hybridized carbons (Fsp3) is 0.304. The highest BCUT2D eigenvalue weighted by Gasteiger charge is 2.33. The van der Waals surface area contributed by atoms with Gasteiger partial charge in [-0.25, -0.2) is 9.78 Å². The lowest BCUT2D eigenvalue weighted by Crippen LogP contribution is -2.41. The van der Waals surface area contributed by atoms with E-state index in [9.17, 15) is 14.7 Å². The molecule has 2 aromatic heterocycles. The van der Waals surface area contributed by atoms with Crippen LogP contribution in [0.3, 0.4) is 0 Å². The monoisotopic (exact) mass is 495 g/mol. The van der Waals surface area contributed by atoms with E-state index in [1.165, 1.54) is 4.90 Å². The lowest BCUT2D eigenvalue weighted by molar-refractivity contribution is 0.0968. The van der Waals surface area contributed by atoms with Crippen molar-refractivity contribution in [1.82, 2.24) is 15.3 Å². The number of rotatable bonds is 6. The smallest absolute Gasteiger partial charge is 0.413 e. The van der Waals surface area contributed by atoms with Gasteiger partial charge in [-0.3, -0.25) is 14.7 Å². The first-order valence-corrected chi connectivity index (χ1v) is 11.4. The Hall–Kier alpha value is -3.04. The average molecular weight is 496 g/mol. The van der Waals surface area contributed by atoms with E-state index in [-0.39, 0.29) is 17.7 Å². The van der Waals surface area contributed by atoms with Crippen molar-refractivity contribution < 1.29 is 14.7 Å². The minimum absolute atomic E-state index is 0.0617. The summed E-state index contributed by atoms with van der Waals surface area (Å²) in [6.45, 7) is 1.40. The molecule has 1 saturated heterocycles. The van der Waals surface area contributed by atoms with E-state index < -0.39 is 6.09 Å². The van der Waals surface area contributed by atoms with Crippen molar-refractivity contribution in [3.63, 3.8) is 0 Å². The number of nitrogens with zero attached hydrogens (tertiary/aromatic N) is 3. The molecule has 1 saturated carbocycles. The first-order valence-electron chi connectivity index (χ1n) is 10.6. The largest absolute Gasteiger partial charge is 0.465 e. The Morgan fingerprint density at radius 1 is 1.12 bits per heavy atom. The number of hydrogen-bond donors (Lipinski definition) is 3. The molecule has 1 atom stereocenters. The molecule has 0 radical (unpaired) electrons. The van der Waals surface area contributed by atoms with Crippen LogP contribution in [0.4, 0.5) is 22.0 Å². The molecule has 32 heavy (non-hydrogen) atoms. The second-order valence-electron chi connectivity index (χ2n) is 8.18. The maximum absolute atomic E-state index is 12.9. The molecule has 0 bridgehead atoms. The Bertz CT molecular complexity index is 1190. The predicted molar refractivity (Wildman–Crippen MR) is 126 cm³/mol. The van der Waals surface area contributed by atoms with Crippen molar-refractivity contribution in [3.05, 3.63) is 52.8 Å². The molecule has 1 aliphatic heterocycles. The summed E-state index contributed by atoms with van der Waals surface area (Å²) in [5.74, 6) is 0.539. The van der Waals surface area contributed by atoms with Crippen LogP contribution >= 0.6 is 15.9 Å². The second kappa shape index (κ2) is 8.48. The van der Waals surface area contributed by atoms with Gasteiger partial charge in [-0.05, 0) is 56.1 Å². The zero-order valence-corrected chi connectivity index (χ0v) is 18.8. The maximum atomic E-state index is 12.9. The number of ketones is 1. The third kappa shape index (κ3) is 4.05. The summed E-state index contributed by atoms with van der Waals surface area (Å²) in [5.41, 5.74) is 2.70. The van der Waals surface area contributed by atoms with Crippen molar-refractivity contribution in [2.24, 2.45) is 5.92 Å². The van der Waals surface area contributed by atoms with Crippen molar-refractivity contribution in [2.45, 2.75) is 25.3 Å². The van der Waals surface area contributed by atoms with E-state index in [0.717, 1.165) is 41.2 Å². The number of pyridine rings is 2. The van der Waals surface area contributed by atoms with Crippen LogP contribution in [0.25, 0.3) is 10.9 Å². The molecule has 8 nitrogen and oxygen atoms in total. The van der Waals surface area contributed by atoms with Crippen LogP contribution in [0.1, 0.15) is 29.6 Å². The maximum Gasteiger partial charge on any atom is 0.413 e. The molecule has 3 aromatic rings. The van der Waals surface area contributed by atoms with Gasteiger partial charge in [-0.2, -0.15) is 0 Å². The predicted octanol–water partition coefficient (Wildman–Crippen LogP) is 4.57. The molecule has 5 rings (SSSR count). The van der Waals surface area contributed by atoms with Crippen LogP contribution in [0.15, 0.2) is 47.2 Å². The molecule has 1 amide bonds. The van der Waals surface area contributed by atoms with Crippen LogP contribution in [-0.2, 0) is 0 Å². The number of carbonyl (C=O) groups is 2. The first kappa shape index (κ1) is 20.8. The van der Waals surface area contributed by atoms with Crippen LogP contribution in [-0.4, -0.2) is 46.1 Å². The molecule has 2 fully saturated rings. The molecular formula is C23H22BrN5O3. The number of amides is 1. The molecular weight excluding hydrogens is 474 g/mol. The number of anilines is 3. The highest BCUT2D eigenvalue weighted by Crippen LogP contribution is 2.38. The molecule has 1 aliphatic carbocycles. The number of carbonyl (C=O) groups excluding carboxylic acids is 1. The molecule has 3 N–H and O–H groups in total. The van der Waals surface area contributed by atoms with E-state index in [1.54, 1.807) is 24.5 Å². The number of carboxylic acid groups (broad SMARTS) is 1. The molecule has 3 heterocycles. The van der Waals surface area contributed by atoms with Gasteiger partial charge in [-0.15, -0.1) is 0 Å². The summed E-state index contributed by atoms with van der Waals surface area (Å²) in [5, 5.41) is 17.1. The summed E-state index contributed by atoms with van der Waals surface area (Å²) >= 11 is 3.51. The highest BCUT2D eigenvalue weighted by atomic mass is 79.9. The highest BCUT2D eigenvalue weighted by molar-refractivity contribution is 9.10. The molecule has 1 aromatic carbocycles. The number of hydrogen-bond acceptors (Lipinski definition) is 6. The van der Waals surface area contributed by atoms with E-state index in [1.807, 2.05) is 18.2 Å². The van der Waals surface area contributed by atoms with Gasteiger partial charge in [0, 0.05) is 28.5 Å². The summed E-state index contributed by atoms with van der Waals surface area (Å²) in [6, 6.07) is 9.10. The topological polar surface area (TPSA) is 107 Å². The Labute approximate surface area is 193 Å².